The molecule has 6 heteroatoms. The zero-order valence-electron chi connectivity index (χ0n) is 16.7. The molecule has 0 heterocycles. The molecule has 3 N–H and O–H groups in total. The van der Waals surface area contributed by atoms with E-state index in [4.69, 9.17) is 9.47 Å². The van der Waals surface area contributed by atoms with Crippen LogP contribution in [-0.2, 0) is 11.3 Å². The number of ether oxygens (including phenoxy) is 2. The molecule has 6 nitrogen and oxygen atoms in total. The van der Waals surface area contributed by atoms with E-state index in [1.807, 2.05) is 61.5 Å². The molecule has 0 aliphatic rings. The fraction of sp³-hybridized carbons (Fsp3) is 0.409. The standard InChI is InChI=1S/C22H31N3O3/c1-3-23-22(25-15-20(16-26)19-9-5-4-6-10-19)24-12-13-28-17-18-8-7-11-21(14-18)27-2/h4-11,14,20,26H,3,12-13,15-17H2,1-2H3,(H2,23,24,25). The Kier molecular flexibility index (Phi) is 9.89. The predicted octanol–water partition coefficient (Wildman–Crippen LogP) is 2.54. The summed E-state index contributed by atoms with van der Waals surface area (Å²) in [6.45, 7) is 5.11. The van der Waals surface area contributed by atoms with Gasteiger partial charge < -0.3 is 25.2 Å². The third-order valence-electron chi connectivity index (χ3n) is 4.25. The van der Waals surface area contributed by atoms with Gasteiger partial charge in [0.25, 0.3) is 0 Å². The van der Waals surface area contributed by atoms with E-state index in [-0.39, 0.29) is 12.5 Å². The lowest BCUT2D eigenvalue weighted by molar-refractivity contribution is 0.125. The van der Waals surface area contributed by atoms with Crippen molar-refractivity contribution in [3.05, 3.63) is 65.7 Å². The molecule has 0 fully saturated rings. The molecule has 0 saturated heterocycles. The van der Waals surface area contributed by atoms with E-state index in [1.54, 1.807) is 7.11 Å². The molecule has 0 radical (unpaired) electrons. The number of guanidine groups is 1. The summed E-state index contributed by atoms with van der Waals surface area (Å²) in [6.07, 6.45) is 0. The molecule has 1 atom stereocenters. The lowest BCUT2D eigenvalue weighted by Crippen LogP contribution is -2.39. The van der Waals surface area contributed by atoms with E-state index in [0.29, 0.717) is 26.3 Å². The van der Waals surface area contributed by atoms with Gasteiger partial charge >= 0.3 is 0 Å². The minimum Gasteiger partial charge on any atom is -0.497 e. The average Bonchev–Trinajstić information content (AvgIpc) is 2.74. The normalized spacial score (nSPS) is 12.5. The minimum atomic E-state index is -0.0130. The van der Waals surface area contributed by atoms with Crippen molar-refractivity contribution in [1.29, 1.82) is 0 Å². The Morgan fingerprint density at radius 1 is 1.11 bits per heavy atom. The van der Waals surface area contributed by atoms with Gasteiger partial charge in [-0.3, -0.25) is 4.99 Å². The second-order valence-corrected chi connectivity index (χ2v) is 6.34. The predicted molar refractivity (Wildman–Crippen MR) is 113 cm³/mol. The molecule has 152 valence electrons. The first-order valence-corrected chi connectivity index (χ1v) is 9.65. The highest BCUT2D eigenvalue weighted by molar-refractivity contribution is 5.79. The summed E-state index contributed by atoms with van der Waals surface area (Å²) in [6, 6.07) is 17.8. The molecule has 28 heavy (non-hydrogen) atoms. The van der Waals surface area contributed by atoms with Crippen LogP contribution in [0.1, 0.15) is 24.0 Å². The van der Waals surface area contributed by atoms with Crippen molar-refractivity contribution in [2.75, 3.05) is 40.0 Å². The van der Waals surface area contributed by atoms with Crippen LogP contribution in [0, 0.1) is 0 Å². The first-order chi connectivity index (χ1) is 13.8. The zero-order valence-corrected chi connectivity index (χ0v) is 16.7. The molecule has 2 rings (SSSR count). The van der Waals surface area contributed by atoms with Crippen molar-refractivity contribution in [1.82, 2.24) is 10.6 Å². The smallest absolute Gasteiger partial charge is 0.191 e. The number of aliphatic hydroxyl groups excluding tert-OH is 1. The van der Waals surface area contributed by atoms with Crippen molar-refractivity contribution in [3.63, 3.8) is 0 Å². The largest absolute Gasteiger partial charge is 0.497 e. The van der Waals surface area contributed by atoms with E-state index in [2.05, 4.69) is 15.6 Å². The van der Waals surface area contributed by atoms with E-state index in [0.717, 1.165) is 29.4 Å². The first-order valence-electron chi connectivity index (χ1n) is 9.65. The minimum absolute atomic E-state index is 0.0130. The van der Waals surface area contributed by atoms with Crippen LogP contribution < -0.4 is 15.4 Å². The fourth-order valence-electron chi connectivity index (χ4n) is 2.73. The summed E-state index contributed by atoms with van der Waals surface area (Å²) < 4.78 is 10.9. The van der Waals surface area contributed by atoms with E-state index >= 15 is 0 Å². The van der Waals surface area contributed by atoms with Gasteiger partial charge in [-0.05, 0) is 30.2 Å². The molecular weight excluding hydrogens is 354 g/mol. The summed E-state index contributed by atoms with van der Waals surface area (Å²) in [5.41, 5.74) is 2.17. The number of aliphatic hydroxyl groups is 1. The zero-order chi connectivity index (χ0) is 20.0. The van der Waals surface area contributed by atoms with Crippen molar-refractivity contribution in [3.8, 4) is 5.75 Å². The molecule has 0 aliphatic heterocycles. The van der Waals surface area contributed by atoms with Gasteiger partial charge in [0.1, 0.15) is 5.75 Å². The SMILES string of the molecule is CCNC(=NCC(CO)c1ccccc1)NCCOCc1cccc(OC)c1. The number of hydrogen-bond acceptors (Lipinski definition) is 4. The monoisotopic (exact) mass is 385 g/mol. The molecule has 0 amide bonds. The molecule has 0 aromatic heterocycles. The number of nitrogens with zero attached hydrogens (tertiary/aromatic N) is 1. The van der Waals surface area contributed by atoms with Crippen LogP contribution in [-0.4, -0.2) is 51.0 Å². The third-order valence-corrected chi connectivity index (χ3v) is 4.25. The third kappa shape index (κ3) is 7.58. The number of rotatable bonds is 11. The maximum atomic E-state index is 9.67. The van der Waals surface area contributed by atoms with Crippen LogP contribution in [0.25, 0.3) is 0 Å². The fourth-order valence-corrected chi connectivity index (χ4v) is 2.73. The molecular formula is C22H31N3O3. The quantitative estimate of drug-likeness (QED) is 0.315. The Bertz CT molecular complexity index is 707. The molecule has 2 aromatic carbocycles. The van der Waals surface area contributed by atoms with Crippen molar-refractivity contribution in [2.45, 2.75) is 19.4 Å². The molecule has 1 unspecified atom stereocenters. The average molecular weight is 386 g/mol. The van der Waals surface area contributed by atoms with Gasteiger partial charge in [0.2, 0.25) is 0 Å². The summed E-state index contributed by atoms with van der Waals surface area (Å²) in [4.78, 5) is 4.60. The maximum Gasteiger partial charge on any atom is 0.191 e. The maximum absolute atomic E-state index is 9.67. The lowest BCUT2D eigenvalue weighted by atomic mass is 10.0. The number of methoxy groups -OCH3 is 1. The Morgan fingerprint density at radius 2 is 1.93 bits per heavy atom. The summed E-state index contributed by atoms with van der Waals surface area (Å²) in [7, 11) is 1.66. The summed E-state index contributed by atoms with van der Waals surface area (Å²) >= 11 is 0. The number of nitrogens with one attached hydrogen (secondary N) is 2. The van der Waals surface area contributed by atoms with E-state index in [1.165, 1.54) is 0 Å². The Morgan fingerprint density at radius 3 is 2.64 bits per heavy atom. The van der Waals surface area contributed by atoms with Crippen LogP contribution in [0.15, 0.2) is 59.6 Å². The number of benzene rings is 2. The van der Waals surface area contributed by atoms with Gasteiger partial charge in [-0.25, -0.2) is 0 Å². The summed E-state index contributed by atoms with van der Waals surface area (Å²) in [5.74, 6) is 1.54. The van der Waals surface area contributed by atoms with Crippen molar-refractivity contribution < 1.29 is 14.6 Å². The van der Waals surface area contributed by atoms with E-state index < -0.39 is 0 Å². The highest BCUT2D eigenvalue weighted by Crippen LogP contribution is 2.15. The second-order valence-electron chi connectivity index (χ2n) is 6.34. The molecule has 0 saturated carbocycles. The van der Waals surface area contributed by atoms with Crippen LogP contribution in [0.5, 0.6) is 5.75 Å². The van der Waals surface area contributed by atoms with Crippen LogP contribution in [0.4, 0.5) is 0 Å². The van der Waals surface area contributed by atoms with Crippen LogP contribution in [0.2, 0.25) is 0 Å². The van der Waals surface area contributed by atoms with Gasteiger partial charge in [-0.15, -0.1) is 0 Å². The van der Waals surface area contributed by atoms with Crippen LogP contribution >= 0.6 is 0 Å². The molecule has 0 bridgehead atoms. The molecule has 0 aliphatic carbocycles. The van der Waals surface area contributed by atoms with Crippen molar-refractivity contribution >= 4 is 5.96 Å². The Hall–Kier alpha value is -2.57. The van der Waals surface area contributed by atoms with Gasteiger partial charge in [0.05, 0.1) is 33.5 Å². The second kappa shape index (κ2) is 12.8. The topological polar surface area (TPSA) is 75.1 Å². The molecule has 2 aromatic rings. The van der Waals surface area contributed by atoms with Crippen LogP contribution in [0.3, 0.4) is 0 Å². The van der Waals surface area contributed by atoms with Crippen molar-refractivity contribution in [2.24, 2.45) is 4.99 Å². The van der Waals surface area contributed by atoms with Gasteiger partial charge in [0, 0.05) is 19.0 Å². The van der Waals surface area contributed by atoms with E-state index in [9.17, 15) is 5.11 Å². The van der Waals surface area contributed by atoms with Gasteiger partial charge in [-0.2, -0.15) is 0 Å². The lowest BCUT2D eigenvalue weighted by Gasteiger charge is -2.15. The Balaban J connectivity index is 1.77. The summed E-state index contributed by atoms with van der Waals surface area (Å²) in [5, 5.41) is 16.2. The van der Waals surface area contributed by atoms with Gasteiger partial charge in [0.15, 0.2) is 5.96 Å². The Labute approximate surface area is 167 Å². The first kappa shape index (κ1) is 21.7. The van der Waals surface area contributed by atoms with Gasteiger partial charge in [-0.1, -0.05) is 42.5 Å². The highest BCUT2D eigenvalue weighted by atomic mass is 16.5. The number of hydrogen-bond donors (Lipinski definition) is 3. The highest BCUT2D eigenvalue weighted by Gasteiger charge is 2.09. The molecule has 0 spiro atoms. The number of aliphatic imine (C=N–C) groups is 1.